The van der Waals surface area contributed by atoms with Gasteiger partial charge in [-0.05, 0) is 12.1 Å². The Bertz CT molecular complexity index is 457. The average Bonchev–Trinajstić information content (AvgIpc) is 2.79. The number of hydrogen-bond acceptors (Lipinski definition) is 4. The standard InChI is InChI=1S/C12H15N3O2/c13-10-2-1-3-12(6-10)17-8-11(16)7-15-5-4-14-9-15/h1-6,9,11,16H,7-8,13H2. The summed E-state index contributed by atoms with van der Waals surface area (Å²) in [5, 5.41) is 9.75. The number of ether oxygens (including phenoxy) is 1. The van der Waals surface area contributed by atoms with E-state index < -0.39 is 6.10 Å². The van der Waals surface area contributed by atoms with Crippen LogP contribution in [0.4, 0.5) is 5.69 Å². The van der Waals surface area contributed by atoms with Crippen molar-refractivity contribution in [3.63, 3.8) is 0 Å². The molecule has 0 aliphatic carbocycles. The molecule has 0 saturated heterocycles. The monoisotopic (exact) mass is 233 g/mol. The Hall–Kier alpha value is -2.01. The number of aliphatic hydroxyl groups excluding tert-OH is 1. The van der Waals surface area contributed by atoms with Gasteiger partial charge in [0.2, 0.25) is 0 Å². The van der Waals surface area contributed by atoms with Gasteiger partial charge in [0.15, 0.2) is 0 Å². The van der Waals surface area contributed by atoms with Gasteiger partial charge in [0, 0.05) is 24.1 Å². The van der Waals surface area contributed by atoms with Crippen LogP contribution in [-0.4, -0.2) is 27.4 Å². The van der Waals surface area contributed by atoms with Crippen LogP contribution in [0, 0.1) is 0 Å². The molecule has 5 nitrogen and oxygen atoms in total. The first-order chi connectivity index (χ1) is 8.24. The number of nitrogens with zero attached hydrogens (tertiary/aromatic N) is 2. The zero-order valence-corrected chi connectivity index (χ0v) is 9.36. The second-order valence-electron chi connectivity index (χ2n) is 3.80. The molecule has 1 aromatic carbocycles. The van der Waals surface area contributed by atoms with Gasteiger partial charge in [-0.1, -0.05) is 6.07 Å². The molecule has 0 aliphatic heterocycles. The lowest BCUT2D eigenvalue weighted by molar-refractivity contribution is 0.0925. The van der Waals surface area contributed by atoms with Crippen molar-refractivity contribution in [1.29, 1.82) is 0 Å². The minimum Gasteiger partial charge on any atom is -0.491 e. The molecular formula is C12H15N3O2. The Morgan fingerprint density at radius 1 is 1.47 bits per heavy atom. The highest BCUT2D eigenvalue weighted by molar-refractivity contribution is 5.43. The highest BCUT2D eigenvalue weighted by Gasteiger charge is 2.06. The molecule has 1 aromatic heterocycles. The van der Waals surface area contributed by atoms with Gasteiger partial charge in [-0.25, -0.2) is 4.98 Å². The maximum atomic E-state index is 9.75. The third-order valence-corrected chi connectivity index (χ3v) is 2.28. The molecule has 0 radical (unpaired) electrons. The van der Waals surface area contributed by atoms with E-state index in [0.29, 0.717) is 18.0 Å². The third kappa shape index (κ3) is 3.49. The van der Waals surface area contributed by atoms with Gasteiger partial charge in [-0.15, -0.1) is 0 Å². The number of anilines is 1. The first kappa shape index (κ1) is 11.5. The number of hydrogen-bond donors (Lipinski definition) is 2. The van der Waals surface area contributed by atoms with Crippen LogP contribution in [0.5, 0.6) is 5.75 Å². The van der Waals surface area contributed by atoms with Crippen LogP contribution in [0.2, 0.25) is 0 Å². The molecule has 17 heavy (non-hydrogen) atoms. The molecule has 0 bridgehead atoms. The third-order valence-electron chi connectivity index (χ3n) is 2.28. The highest BCUT2D eigenvalue weighted by Crippen LogP contribution is 2.14. The van der Waals surface area contributed by atoms with Gasteiger partial charge in [-0.3, -0.25) is 0 Å². The van der Waals surface area contributed by atoms with Crippen molar-refractivity contribution < 1.29 is 9.84 Å². The van der Waals surface area contributed by atoms with E-state index in [1.54, 1.807) is 41.5 Å². The van der Waals surface area contributed by atoms with E-state index in [4.69, 9.17) is 10.5 Å². The first-order valence-corrected chi connectivity index (χ1v) is 5.36. The molecule has 0 spiro atoms. The summed E-state index contributed by atoms with van der Waals surface area (Å²) in [6.07, 6.45) is 4.55. The van der Waals surface area contributed by atoms with Crippen molar-refractivity contribution in [2.24, 2.45) is 0 Å². The van der Waals surface area contributed by atoms with Gasteiger partial charge >= 0.3 is 0 Å². The molecule has 0 fully saturated rings. The number of nitrogen functional groups attached to an aromatic ring is 1. The van der Waals surface area contributed by atoms with Crippen molar-refractivity contribution >= 4 is 5.69 Å². The Kier molecular flexibility index (Phi) is 3.62. The zero-order chi connectivity index (χ0) is 12.1. The SMILES string of the molecule is Nc1cccc(OCC(O)Cn2ccnc2)c1. The number of imidazole rings is 1. The zero-order valence-electron chi connectivity index (χ0n) is 9.36. The molecule has 2 aromatic rings. The lowest BCUT2D eigenvalue weighted by Crippen LogP contribution is -2.23. The molecule has 0 saturated carbocycles. The number of nitrogens with two attached hydrogens (primary N) is 1. The number of benzene rings is 1. The topological polar surface area (TPSA) is 73.3 Å². The fraction of sp³-hybridized carbons (Fsp3) is 0.250. The van der Waals surface area contributed by atoms with E-state index in [1.165, 1.54) is 0 Å². The molecule has 0 amide bonds. The Morgan fingerprint density at radius 2 is 2.35 bits per heavy atom. The van der Waals surface area contributed by atoms with Crippen molar-refractivity contribution in [2.45, 2.75) is 12.6 Å². The average molecular weight is 233 g/mol. The van der Waals surface area contributed by atoms with Gasteiger partial charge in [0.1, 0.15) is 18.5 Å². The fourth-order valence-corrected chi connectivity index (χ4v) is 1.49. The first-order valence-electron chi connectivity index (χ1n) is 5.36. The van der Waals surface area contributed by atoms with Crippen LogP contribution in [0.3, 0.4) is 0 Å². The molecule has 1 atom stereocenters. The summed E-state index contributed by atoms with van der Waals surface area (Å²) >= 11 is 0. The lowest BCUT2D eigenvalue weighted by atomic mass is 10.3. The normalized spacial score (nSPS) is 12.3. The highest BCUT2D eigenvalue weighted by atomic mass is 16.5. The number of aromatic nitrogens is 2. The Balaban J connectivity index is 1.82. The summed E-state index contributed by atoms with van der Waals surface area (Å²) in [7, 11) is 0. The van der Waals surface area contributed by atoms with Gasteiger partial charge < -0.3 is 20.1 Å². The van der Waals surface area contributed by atoms with Gasteiger partial charge in [0.25, 0.3) is 0 Å². The van der Waals surface area contributed by atoms with Gasteiger partial charge in [0.05, 0.1) is 12.9 Å². The van der Waals surface area contributed by atoms with Crippen LogP contribution in [0.15, 0.2) is 43.0 Å². The van der Waals surface area contributed by atoms with Crippen LogP contribution in [0.1, 0.15) is 0 Å². The van der Waals surface area contributed by atoms with Crippen LogP contribution in [-0.2, 0) is 6.54 Å². The summed E-state index contributed by atoms with van der Waals surface area (Å²) in [5.41, 5.74) is 6.26. The summed E-state index contributed by atoms with van der Waals surface area (Å²) in [4.78, 5) is 3.90. The quantitative estimate of drug-likeness (QED) is 0.753. The smallest absolute Gasteiger partial charge is 0.121 e. The predicted octanol–water partition coefficient (Wildman–Crippen LogP) is 0.905. The fourth-order valence-electron chi connectivity index (χ4n) is 1.49. The molecule has 5 heteroatoms. The molecule has 2 rings (SSSR count). The summed E-state index contributed by atoms with van der Waals surface area (Å²) in [5.74, 6) is 0.662. The van der Waals surface area contributed by atoms with Crippen LogP contribution < -0.4 is 10.5 Å². The van der Waals surface area contributed by atoms with E-state index in [1.807, 2.05) is 6.07 Å². The van der Waals surface area contributed by atoms with Crippen molar-refractivity contribution in [3.05, 3.63) is 43.0 Å². The second kappa shape index (κ2) is 5.36. The molecule has 0 aliphatic rings. The summed E-state index contributed by atoms with van der Waals surface area (Å²) in [6.45, 7) is 0.684. The molecule has 90 valence electrons. The molecule has 1 heterocycles. The van der Waals surface area contributed by atoms with E-state index in [9.17, 15) is 5.11 Å². The van der Waals surface area contributed by atoms with E-state index >= 15 is 0 Å². The van der Waals surface area contributed by atoms with Crippen molar-refractivity contribution in [2.75, 3.05) is 12.3 Å². The molecule has 3 N–H and O–H groups in total. The molecule has 1 unspecified atom stereocenters. The summed E-state index contributed by atoms with van der Waals surface area (Å²) in [6, 6.07) is 7.13. The summed E-state index contributed by atoms with van der Waals surface area (Å²) < 4.78 is 7.23. The van der Waals surface area contributed by atoms with E-state index in [2.05, 4.69) is 4.98 Å². The Morgan fingerprint density at radius 3 is 3.06 bits per heavy atom. The van der Waals surface area contributed by atoms with E-state index in [0.717, 1.165) is 0 Å². The van der Waals surface area contributed by atoms with Crippen molar-refractivity contribution in [3.8, 4) is 5.75 Å². The maximum Gasteiger partial charge on any atom is 0.121 e. The van der Waals surface area contributed by atoms with Gasteiger partial charge in [-0.2, -0.15) is 0 Å². The molecular weight excluding hydrogens is 218 g/mol. The Labute approximate surface area is 99.5 Å². The number of aliphatic hydroxyl groups is 1. The lowest BCUT2D eigenvalue weighted by Gasteiger charge is -2.13. The minimum atomic E-state index is -0.578. The van der Waals surface area contributed by atoms with Crippen molar-refractivity contribution in [1.82, 2.24) is 9.55 Å². The minimum absolute atomic E-state index is 0.224. The second-order valence-corrected chi connectivity index (χ2v) is 3.80. The number of rotatable bonds is 5. The predicted molar refractivity (Wildman–Crippen MR) is 64.6 cm³/mol. The largest absolute Gasteiger partial charge is 0.491 e. The van der Waals surface area contributed by atoms with Crippen LogP contribution >= 0.6 is 0 Å². The van der Waals surface area contributed by atoms with Crippen LogP contribution in [0.25, 0.3) is 0 Å². The van der Waals surface area contributed by atoms with E-state index in [-0.39, 0.29) is 6.61 Å². The maximum absolute atomic E-state index is 9.75.